The molecule has 2 aliphatic rings. The molecule has 0 bridgehead atoms. The fourth-order valence-corrected chi connectivity index (χ4v) is 3.60. The molecule has 3 heteroatoms. The third-order valence-corrected chi connectivity index (χ3v) is 4.95. The number of rotatable bonds is 4. The quantitative estimate of drug-likeness (QED) is 0.831. The number of nitrogens with zero attached hydrogens (tertiary/aromatic N) is 2. The Hall–Kier alpha value is -0.120. The lowest BCUT2D eigenvalue weighted by atomic mass is 9.83. The van der Waals surface area contributed by atoms with Gasteiger partial charge in [0.25, 0.3) is 0 Å². The second-order valence-electron chi connectivity index (χ2n) is 6.35. The van der Waals surface area contributed by atoms with Crippen LogP contribution in [-0.2, 0) is 0 Å². The Balaban J connectivity index is 1.71. The molecule has 1 aliphatic heterocycles. The monoisotopic (exact) mass is 254 g/mol. The minimum atomic E-state index is 0.377. The summed E-state index contributed by atoms with van der Waals surface area (Å²) < 4.78 is 0. The van der Waals surface area contributed by atoms with Gasteiger partial charge >= 0.3 is 0 Å². The number of piperazine rings is 1. The predicted octanol–water partition coefficient (Wildman–Crippen LogP) is 1.95. The summed E-state index contributed by atoms with van der Waals surface area (Å²) in [5.74, 6) is 0.795. The molecule has 0 unspecified atom stereocenters. The van der Waals surface area contributed by atoms with Crippen molar-refractivity contribution in [3.8, 4) is 0 Å². The molecule has 2 fully saturated rings. The van der Waals surface area contributed by atoms with Crippen LogP contribution in [0.25, 0.3) is 0 Å². The number of aliphatic hydroxyl groups excluding tert-OH is 1. The smallest absolute Gasteiger partial charge is 0.0433 e. The molecule has 3 nitrogen and oxygen atoms in total. The molecule has 0 aromatic rings. The first-order chi connectivity index (χ1) is 8.70. The van der Waals surface area contributed by atoms with Crippen LogP contribution < -0.4 is 0 Å². The average molecular weight is 254 g/mol. The lowest BCUT2D eigenvalue weighted by molar-refractivity contribution is 0.0552. The average Bonchev–Trinajstić information content (AvgIpc) is 2.40. The standard InChI is InChI=1S/C15H30N2O/c1-13(2)16-8-10-17(11-9-16)15-5-3-14(4-6-15)7-12-18/h13-15,18H,3-12H2,1-2H3. The highest BCUT2D eigenvalue weighted by Gasteiger charge is 2.28. The minimum Gasteiger partial charge on any atom is -0.396 e. The Labute approximate surface area is 112 Å². The summed E-state index contributed by atoms with van der Waals surface area (Å²) in [6, 6.07) is 1.53. The van der Waals surface area contributed by atoms with Crippen molar-refractivity contribution in [2.45, 2.75) is 58.0 Å². The van der Waals surface area contributed by atoms with E-state index in [2.05, 4.69) is 23.6 Å². The van der Waals surface area contributed by atoms with E-state index in [1.165, 1.54) is 51.9 Å². The maximum atomic E-state index is 9.00. The van der Waals surface area contributed by atoms with Crippen molar-refractivity contribution in [3.63, 3.8) is 0 Å². The maximum Gasteiger partial charge on any atom is 0.0433 e. The highest BCUT2D eigenvalue weighted by atomic mass is 16.3. The molecule has 0 spiro atoms. The third-order valence-electron chi connectivity index (χ3n) is 4.95. The zero-order valence-corrected chi connectivity index (χ0v) is 12.1. The van der Waals surface area contributed by atoms with Gasteiger partial charge in [-0.15, -0.1) is 0 Å². The summed E-state index contributed by atoms with van der Waals surface area (Å²) in [4.78, 5) is 5.31. The van der Waals surface area contributed by atoms with Crippen LogP contribution in [-0.4, -0.2) is 59.8 Å². The molecule has 0 amide bonds. The van der Waals surface area contributed by atoms with Gasteiger partial charge in [0.2, 0.25) is 0 Å². The van der Waals surface area contributed by atoms with E-state index in [-0.39, 0.29) is 0 Å². The van der Waals surface area contributed by atoms with E-state index in [4.69, 9.17) is 5.11 Å². The van der Waals surface area contributed by atoms with Gasteiger partial charge in [0.15, 0.2) is 0 Å². The van der Waals surface area contributed by atoms with Crippen LogP contribution in [0.3, 0.4) is 0 Å². The Morgan fingerprint density at radius 3 is 2.11 bits per heavy atom. The van der Waals surface area contributed by atoms with Gasteiger partial charge in [-0.3, -0.25) is 9.80 Å². The van der Waals surface area contributed by atoms with Crippen molar-refractivity contribution >= 4 is 0 Å². The first-order valence-electron chi connectivity index (χ1n) is 7.79. The van der Waals surface area contributed by atoms with E-state index in [0.717, 1.165) is 18.4 Å². The van der Waals surface area contributed by atoms with Gasteiger partial charge in [0.1, 0.15) is 0 Å². The molecule has 18 heavy (non-hydrogen) atoms. The molecule has 0 aromatic heterocycles. The van der Waals surface area contributed by atoms with Crippen LogP contribution in [0.5, 0.6) is 0 Å². The number of hydrogen-bond donors (Lipinski definition) is 1. The fourth-order valence-electron chi connectivity index (χ4n) is 3.60. The van der Waals surface area contributed by atoms with Crippen LogP contribution in [0.15, 0.2) is 0 Å². The Bertz CT molecular complexity index is 229. The van der Waals surface area contributed by atoms with Crippen molar-refractivity contribution < 1.29 is 5.11 Å². The summed E-state index contributed by atoms with van der Waals surface area (Å²) >= 11 is 0. The molecular formula is C15H30N2O. The Morgan fingerprint density at radius 2 is 1.61 bits per heavy atom. The minimum absolute atomic E-state index is 0.377. The van der Waals surface area contributed by atoms with E-state index < -0.39 is 0 Å². The second-order valence-corrected chi connectivity index (χ2v) is 6.35. The van der Waals surface area contributed by atoms with Crippen LogP contribution in [0.2, 0.25) is 0 Å². The first kappa shape index (κ1) is 14.3. The van der Waals surface area contributed by atoms with Crippen molar-refractivity contribution in [3.05, 3.63) is 0 Å². The molecule has 106 valence electrons. The Kier molecular flexibility index (Phi) is 5.46. The molecule has 0 radical (unpaired) electrons. The Morgan fingerprint density at radius 1 is 1.00 bits per heavy atom. The maximum absolute atomic E-state index is 9.00. The largest absolute Gasteiger partial charge is 0.396 e. The topological polar surface area (TPSA) is 26.7 Å². The molecule has 1 heterocycles. The van der Waals surface area contributed by atoms with E-state index in [1.54, 1.807) is 0 Å². The SMILES string of the molecule is CC(C)N1CCN(C2CCC(CCO)CC2)CC1. The van der Waals surface area contributed by atoms with Crippen LogP contribution >= 0.6 is 0 Å². The summed E-state index contributed by atoms with van der Waals surface area (Å²) in [5, 5.41) is 9.00. The molecule has 2 rings (SSSR count). The second kappa shape index (κ2) is 6.88. The molecule has 1 aliphatic carbocycles. The van der Waals surface area contributed by atoms with Crippen LogP contribution in [0, 0.1) is 5.92 Å². The van der Waals surface area contributed by atoms with Gasteiger partial charge in [-0.05, 0) is 51.9 Å². The van der Waals surface area contributed by atoms with Gasteiger partial charge in [-0.1, -0.05) is 0 Å². The number of hydrogen-bond acceptors (Lipinski definition) is 3. The van der Waals surface area contributed by atoms with Crippen molar-refractivity contribution in [1.82, 2.24) is 9.80 Å². The van der Waals surface area contributed by atoms with Crippen molar-refractivity contribution in [1.29, 1.82) is 0 Å². The predicted molar refractivity (Wildman–Crippen MR) is 75.7 cm³/mol. The summed E-state index contributed by atoms with van der Waals surface area (Å²) in [6.45, 7) is 9.98. The zero-order chi connectivity index (χ0) is 13.0. The van der Waals surface area contributed by atoms with E-state index in [9.17, 15) is 0 Å². The summed E-state index contributed by atoms with van der Waals surface area (Å²) in [7, 11) is 0. The molecule has 1 saturated carbocycles. The first-order valence-corrected chi connectivity index (χ1v) is 7.79. The zero-order valence-electron chi connectivity index (χ0n) is 12.1. The molecule has 1 N–H and O–H groups in total. The molecule has 0 aromatic carbocycles. The normalized spacial score (nSPS) is 32.0. The molecule has 0 atom stereocenters. The highest BCUT2D eigenvalue weighted by Crippen LogP contribution is 2.30. The fraction of sp³-hybridized carbons (Fsp3) is 1.00. The highest BCUT2D eigenvalue weighted by molar-refractivity contribution is 4.83. The summed E-state index contributed by atoms with van der Waals surface area (Å²) in [5.41, 5.74) is 0. The molecule has 1 saturated heterocycles. The van der Waals surface area contributed by atoms with Gasteiger partial charge < -0.3 is 5.11 Å². The lowest BCUT2D eigenvalue weighted by Crippen LogP contribution is -2.52. The van der Waals surface area contributed by atoms with Gasteiger partial charge in [-0.2, -0.15) is 0 Å². The van der Waals surface area contributed by atoms with Gasteiger partial charge in [0.05, 0.1) is 0 Å². The number of aliphatic hydroxyl groups is 1. The molecular weight excluding hydrogens is 224 g/mol. The summed E-state index contributed by atoms with van der Waals surface area (Å²) in [6.07, 6.45) is 6.39. The van der Waals surface area contributed by atoms with Crippen molar-refractivity contribution in [2.24, 2.45) is 5.92 Å². The lowest BCUT2D eigenvalue weighted by Gasteiger charge is -2.43. The van der Waals surface area contributed by atoms with Crippen molar-refractivity contribution in [2.75, 3.05) is 32.8 Å². The van der Waals surface area contributed by atoms with E-state index in [0.29, 0.717) is 12.6 Å². The van der Waals surface area contributed by atoms with Crippen LogP contribution in [0.1, 0.15) is 46.0 Å². The van der Waals surface area contributed by atoms with E-state index >= 15 is 0 Å². The van der Waals surface area contributed by atoms with E-state index in [1.807, 2.05) is 0 Å². The third kappa shape index (κ3) is 3.69. The van der Waals surface area contributed by atoms with Gasteiger partial charge in [-0.25, -0.2) is 0 Å². The van der Waals surface area contributed by atoms with Crippen LogP contribution in [0.4, 0.5) is 0 Å². The van der Waals surface area contributed by atoms with Gasteiger partial charge in [0, 0.05) is 44.9 Å².